The minimum atomic E-state index is -0.575. The monoisotopic (exact) mass is 279 g/mol. The molecule has 0 aromatic carbocycles. The fraction of sp³-hybridized carbons (Fsp3) is 0.800. The van der Waals surface area contributed by atoms with Crippen molar-refractivity contribution in [2.75, 3.05) is 7.11 Å². The Bertz CT molecular complexity index is 231. The number of rotatable bonds is 5. The summed E-state index contributed by atoms with van der Waals surface area (Å²) in [4.78, 5) is 22.6. The summed E-state index contributed by atoms with van der Waals surface area (Å²) in [5.74, 6) is -0.575. The van der Waals surface area contributed by atoms with Crippen molar-refractivity contribution >= 4 is 27.8 Å². The molecule has 0 saturated heterocycles. The Morgan fingerprint density at radius 2 is 1.93 bits per heavy atom. The van der Waals surface area contributed by atoms with Crippen LogP contribution in [0.2, 0.25) is 0 Å². The Hall–Kier alpha value is -0.580. The molecule has 0 rings (SSSR count). The standard InChI is InChI=1S/C10H18BrNO3/c1-5-7(11)9(13)12-8(6(2)3)10(14)15-4/h6-8H,5H2,1-4H3,(H,12,13). The van der Waals surface area contributed by atoms with Crippen LogP contribution in [0.15, 0.2) is 0 Å². The van der Waals surface area contributed by atoms with E-state index in [9.17, 15) is 9.59 Å². The summed E-state index contributed by atoms with van der Waals surface area (Å²) in [5, 5.41) is 2.66. The van der Waals surface area contributed by atoms with Crippen LogP contribution in [0.4, 0.5) is 0 Å². The molecule has 2 atom stereocenters. The molecule has 0 aliphatic carbocycles. The number of alkyl halides is 1. The van der Waals surface area contributed by atoms with Crippen LogP contribution in [0.5, 0.6) is 0 Å². The summed E-state index contributed by atoms with van der Waals surface area (Å²) in [5.41, 5.74) is 0. The molecule has 2 unspecified atom stereocenters. The van der Waals surface area contributed by atoms with E-state index < -0.39 is 12.0 Å². The summed E-state index contributed by atoms with van der Waals surface area (Å²) >= 11 is 3.23. The Morgan fingerprint density at radius 3 is 2.27 bits per heavy atom. The topological polar surface area (TPSA) is 55.4 Å². The maximum atomic E-state index is 11.5. The Kier molecular flexibility index (Phi) is 6.56. The van der Waals surface area contributed by atoms with Crippen molar-refractivity contribution in [2.45, 2.75) is 38.1 Å². The molecule has 5 heteroatoms. The maximum absolute atomic E-state index is 11.5. The van der Waals surface area contributed by atoms with Crippen LogP contribution in [0.25, 0.3) is 0 Å². The number of carbonyl (C=O) groups excluding carboxylic acids is 2. The van der Waals surface area contributed by atoms with Crippen molar-refractivity contribution in [1.82, 2.24) is 5.32 Å². The Balaban J connectivity index is 4.42. The third-order valence-electron chi connectivity index (χ3n) is 2.06. The van der Waals surface area contributed by atoms with Gasteiger partial charge in [0, 0.05) is 0 Å². The number of hydrogen-bond acceptors (Lipinski definition) is 3. The third-order valence-corrected chi connectivity index (χ3v) is 3.13. The van der Waals surface area contributed by atoms with Crippen LogP contribution in [-0.4, -0.2) is 29.9 Å². The van der Waals surface area contributed by atoms with Crippen LogP contribution in [0.3, 0.4) is 0 Å². The molecule has 0 aliphatic heterocycles. The molecular weight excluding hydrogens is 262 g/mol. The van der Waals surface area contributed by atoms with Crippen molar-refractivity contribution in [3.05, 3.63) is 0 Å². The first-order chi connectivity index (χ1) is 6.93. The van der Waals surface area contributed by atoms with Crippen LogP contribution in [0.1, 0.15) is 27.2 Å². The largest absolute Gasteiger partial charge is 0.467 e. The lowest BCUT2D eigenvalue weighted by Gasteiger charge is -2.20. The molecule has 0 saturated carbocycles. The Morgan fingerprint density at radius 1 is 1.40 bits per heavy atom. The van der Waals surface area contributed by atoms with Gasteiger partial charge in [0.05, 0.1) is 11.9 Å². The van der Waals surface area contributed by atoms with Crippen molar-refractivity contribution in [1.29, 1.82) is 0 Å². The molecule has 0 spiro atoms. The zero-order valence-electron chi connectivity index (χ0n) is 9.54. The molecular formula is C10H18BrNO3. The lowest BCUT2D eigenvalue weighted by atomic mass is 10.0. The van der Waals surface area contributed by atoms with E-state index in [0.717, 1.165) is 0 Å². The van der Waals surface area contributed by atoms with Crippen LogP contribution < -0.4 is 5.32 Å². The first-order valence-corrected chi connectivity index (χ1v) is 5.87. The van der Waals surface area contributed by atoms with Gasteiger partial charge in [-0.05, 0) is 12.3 Å². The number of methoxy groups -OCH3 is 1. The van der Waals surface area contributed by atoms with Gasteiger partial charge in [0.25, 0.3) is 0 Å². The minimum absolute atomic E-state index is 0.0120. The van der Waals surface area contributed by atoms with Crippen molar-refractivity contribution in [2.24, 2.45) is 5.92 Å². The number of amides is 1. The first kappa shape index (κ1) is 14.4. The molecule has 0 radical (unpaired) electrons. The van der Waals surface area contributed by atoms with Gasteiger partial charge < -0.3 is 10.1 Å². The van der Waals surface area contributed by atoms with E-state index in [2.05, 4.69) is 26.0 Å². The number of ether oxygens (including phenoxy) is 1. The number of carbonyl (C=O) groups is 2. The third kappa shape index (κ3) is 4.64. The second kappa shape index (κ2) is 6.82. The van der Waals surface area contributed by atoms with E-state index in [0.29, 0.717) is 6.42 Å². The SMILES string of the molecule is CCC(Br)C(=O)NC(C(=O)OC)C(C)C. The van der Waals surface area contributed by atoms with Gasteiger partial charge in [0.1, 0.15) is 6.04 Å². The quantitative estimate of drug-likeness (QED) is 0.613. The average molecular weight is 280 g/mol. The van der Waals surface area contributed by atoms with E-state index in [1.54, 1.807) is 0 Å². The number of hydrogen-bond donors (Lipinski definition) is 1. The molecule has 88 valence electrons. The maximum Gasteiger partial charge on any atom is 0.328 e. The molecule has 15 heavy (non-hydrogen) atoms. The second-order valence-electron chi connectivity index (χ2n) is 3.63. The molecule has 0 aromatic rings. The fourth-order valence-corrected chi connectivity index (χ4v) is 1.19. The smallest absolute Gasteiger partial charge is 0.328 e. The highest BCUT2D eigenvalue weighted by molar-refractivity contribution is 9.10. The van der Waals surface area contributed by atoms with Gasteiger partial charge in [-0.2, -0.15) is 0 Å². The van der Waals surface area contributed by atoms with Gasteiger partial charge in [-0.3, -0.25) is 4.79 Å². The lowest BCUT2D eigenvalue weighted by Crippen LogP contribution is -2.47. The normalized spacial score (nSPS) is 14.5. The van der Waals surface area contributed by atoms with Gasteiger partial charge in [-0.25, -0.2) is 4.79 Å². The summed E-state index contributed by atoms with van der Waals surface area (Å²) in [6.07, 6.45) is 0.678. The molecule has 1 N–H and O–H groups in total. The molecule has 0 aromatic heterocycles. The highest BCUT2D eigenvalue weighted by Crippen LogP contribution is 2.08. The zero-order valence-corrected chi connectivity index (χ0v) is 11.1. The number of nitrogens with one attached hydrogen (secondary N) is 1. The van der Waals surface area contributed by atoms with E-state index in [-0.39, 0.29) is 16.7 Å². The van der Waals surface area contributed by atoms with Gasteiger partial charge in [0.15, 0.2) is 0 Å². The van der Waals surface area contributed by atoms with E-state index in [1.807, 2.05) is 20.8 Å². The highest BCUT2D eigenvalue weighted by atomic mass is 79.9. The lowest BCUT2D eigenvalue weighted by molar-refractivity contribution is -0.146. The predicted octanol–water partition coefficient (Wildman–Crippen LogP) is 1.47. The van der Waals surface area contributed by atoms with E-state index in [4.69, 9.17) is 0 Å². The summed E-state index contributed by atoms with van der Waals surface area (Å²) in [6.45, 7) is 5.61. The van der Waals surface area contributed by atoms with Crippen LogP contribution in [0, 0.1) is 5.92 Å². The van der Waals surface area contributed by atoms with Crippen molar-refractivity contribution in [3.63, 3.8) is 0 Å². The van der Waals surface area contributed by atoms with E-state index >= 15 is 0 Å². The zero-order chi connectivity index (χ0) is 12.0. The predicted molar refractivity (Wildman–Crippen MR) is 61.8 cm³/mol. The van der Waals surface area contributed by atoms with Gasteiger partial charge >= 0.3 is 5.97 Å². The van der Waals surface area contributed by atoms with Gasteiger partial charge in [-0.1, -0.05) is 36.7 Å². The summed E-state index contributed by atoms with van der Waals surface area (Å²) < 4.78 is 4.62. The molecule has 0 heterocycles. The van der Waals surface area contributed by atoms with E-state index in [1.165, 1.54) is 7.11 Å². The second-order valence-corrected chi connectivity index (χ2v) is 4.73. The molecule has 4 nitrogen and oxygen atoms in total. The van der Waals surface area contributed by atoms with Gasteiger partial charge in [-0.15, -0.1) is 0 Å². The molecule has 0 aliphatic rings. The molecule has 0 fully saturated rings. The average Bonchev–Trinajstić information content (AvgIpc) is 2.22. The molecule has 1 amide bonds. The minimum Gasteiger partial charge on any atom is -0.467 e. The molecule has 0 bridgehead atoms. The van der Waals surface area contributed by atoms with Crippen molar-refractivity contribution in [3.8, 4) is 0 Å². The number of esters is 1. The summed E-state index contributed by atoms with van der Waals surface area (Å²) in [6, 6.07) is -0.575. The highest BCUT2D eigenvalue weighted by Gasteiger charge is 2.26. The first-order valence-electron chi connectivity index (χ1n) is 4.96. The van der Waals surface area contributed by atoms with Crippen LogP contribution >= 0.6 is 15.9 Å². The fourth-order valence-electron chi connectivity index (χ4n) is 1.05. The number of halogens is 1. The van der Waals surface area contributed by atoms with Crippen molar-refractivity contribution < 1.29 is 14.3 Å². The summed E-state index contributed by atoms with van der Waals surface area (Å²) in [7, 11) is 1.31. The van der Waals surface area contributed by atoms with Crippen LogP contribution in [-0.2, 0) is 14.3 Å². The Labute approximate surface area is 98.9 Å². The van der Waals surface area contributed by atoms with Gasteiger partial charge in [0.2, 0.25) is 5.91 Å².